The molecule has 3 heterocycles. The van der Waals surface area contributed by atoms with E-state index in [1.54, 1.807) is 15.9 Å². The molecule has 6 nitrogen and oxygen atoms in total. The molecule has 0 spiro atoms. The van der Waals surface area contributed by atoms with E-state index in [0.717, 1.165) is 35.5 Å². The minimum Gasteiger partial charge on any atom is -0.350 e. The number of carbonyl (C=O) groups excluding carboxylic acids is 1. The first-order chi connectivity index (χ1) is 12.6. The van der Waals surface area contributed by atoms with Crippen molar-refractivity contribution in [3.63, 3.8) is 0 Å². The van der Waals surface area contributed by atoms with Crippen molar-refractivity contribution in [2.45, 2.75) is 51.7 Å². The van der Waals surface area contributed by atoms with Crippen LogP contribution in [0.1, 0.15) is 41.6 Å². The van der Waals surface area contributed by atoms with Crippen LogP contribution >= 0.6 is 23.1 Å². The Balaban J connectivity index is 1.65. The van der Waals surface area contributed by atoms with Gasteiger partial charge in [-0.2, -0.15) is 4.98 Å². The van der Waals surface area contributed by atoms with E-state index in [0.29, 0.717) is 23.2 Å². The number of hydrogen-bond acceptors (Lipinski definition) is 6. The molecule has 0 saturated heterocycles. The lowest BCUT2D eigenvalue weighted by atomic mass is 10.1. The van der Waals surface area contributed by atoms with Crippen LogP contribution in [0, 0.1) is 13.8 Å². The van der Waals surface area contributed by atoms with Crippen molar-refractivity contribution in [3.8, 4) is 0 Å². The summed E-state index contributed by atoms with van der Waals surface area (Å²) in [5.41, 5.74) is 3.35. The number of nitrogens with zero attached hydrogens (tertiary/aromatic N) is 4. The van der Waals surface area contributed by atoms with E-state index in [2.05, 4.69) is 34.2 Å². The highest BCUT2D eigenvalue weighted by Crippen LogP contribution is 2.19. The van der Waals surface area contributed by atoms with Gasteiger partial charge in [0, 0.05) is 16.3 Å². The van der Waals surface area contributed by atoms with Crippen LogP contribution in [0.3, 0.4) is 0 Å². The van der Waals surface area contributed by atoms with Gasteiger partial charge in [0.15, 0.2) is 0 Å². The third-order valence-electron chi connectivity index (χ3n) is 4.18. The summed E-state index contributed by atoms with van der Waals surface area (Å²) < 4.78 is 1.80. The molecule has 3 rings (SSSR count). The van der Waals surface area contributed by atoms with Gasteiger partial charge in [0.05, 0.1) is 12.3 Å². The molecule has 0 aliphatic heterocycles. The molecule has 0 aliphatic rings. The van der Waals surface area contributed by atoms with Crippen LogP contribution in [0.4, 0.5) is 0 Å². The fourth-order valence-electron chi connectivity index (χ4n) is 2.75. The quantitative estimate of drug-likeness (QED) is 0.597. The van der Waals surface area contributed by atoms with Crippen LogP contribution in [0.2, 0.25) is 0 Å². The lowest BCUT2D eigenvalue weighted by Crippen LogP contribution is -2.24. The van der Waals surface area contributed by atoms with Crippen LogP contribution in [0.5, 0.6) is 0 Å². The molecule has 1 amide bonds. The summed E-state index contributed by atoms with van der Waals surface area (Å²) in [6.45, 7) is 6.84. The summed E-state index contributed by atoms with van der Waals surface area (Å²) in [5, 5.41) is 10.0. The third kappa shape index (κ3) is 4.42. The standard InChI is InChI=1S/C18H23N5OS2/c1-4-5-8-15-12(2)20-17-21-18(22-23(17)13(15)3)26-11-16(24)19-10-14-7-6-9-25-14/h6-7,9H,4-5,8,10-11H2,1-3H3,(H,19,24). The Morgan fingerprint density at radius 2 is 2.19 bits per heavy atom. The number of nitrogens with one attached hydrogen (secondary N) is 1. The molecule has 0 fully saturated rings. The van der Waals surface area contributed by atoms with E-state index in [-0.39, 0.29) is 5.91 Å². The maximum Gasteiger partial charge on any atom is 0.253 e. The Morgan fingerprint density at radius 3 is 2.92 bits per heavy atom. The van der Waals surface area contributed by atoms with Crippen molar-refractivity contribution in [2.24, 2.45) is 0 Å². The average molecular weight is 390 g/mol. The molecule has 138 valence electrons. The summed E-state index contributed by atoms with van der Waals surface area (Å²) in [6.07, 6.45) is 3.29. The van der Waals surface area contributed by atoms with Gasteiger partial charge in [0.1, 0.15) is 0 Å². The maximum absolute atomic E-state index is 12.0. The zero-order valence-electron chi connectivity index (χ0n) is 15.3. The lowest BCUT2D eigenvalue weighted by molar-refractivity contribution is -0.118. The summed E-state index contributed by atoms with van der Waals surface area (Å²) >= 11 is 2.97. The van der Waals surface area contributed by atoms with Crippen molar-refractivity contribution >= 4 is 34.8 Å². The Bertz CT molecular complexity index is 889. The Kier molecular flexibility index (Phi) is 6.26. The van der Waals surface area contributed by atoms with Crippen LogP contribution in [0.25, 0.3) is 5.78 Å². The normalized spacial score (nSPS) is 11.2. The highest BCUT2D eigenvalue weighted by molar-refractivity contribution is 7.99. The summed E-state index contributed by atoms with van der Waals surface area (Å²) in [7, 11) is 0. The molecule has 0 radical (unpaired) electrons. The van der Waals surface area contributed by atoms with Crippen LogP contribution in [0.15, 0.2) is 22.7 Å². The van der Waals surface area contributed by atoms with Gasteiger partial charge < -0.3 is 5.32 Å². The zero-order valence-corrected chi connectivity index (χ0v) is 16.9. The molecule has 0 bridgehead atoms. The highest BCUT2D eigenvalue weighted by Gasteiger charge is 2.14. The predicted molar refractivity (Wildman–Crippen MR) is 106 cm³/mol. The predicted octanol–water partition coefficient (Wildman–Crippen LogP) is 3.55. The third-order valence-corrected chi connectivity index (χ3v) is 5.90. The van der Waals surface area contributed by atoms with Crippen LogP contribution in [-0.4, -0.2) is 31.2 Å². The average Bonchev–Trinajstić information content (AvgIpc) is 3.27. The molecule has 3 aromatic rings. The first-order valence-electron chi connectivity index (χ1n) is 8.73. The number of aryl methyl sites for hydroxylation is 2. The van der Waals surface area contributed by atoms with E-state index < -0.39 is 0 Å². The lowest BCUT2D eigenvalue weighted by Gasteiger charge is -2.09. The van der Waals surface area contributed by atoms with Gasteiger partial charge in [-0.25, -0.2) is 9.50 Å². The molecule has 0 saturated carbocycles. The largest absolute Gasteiger partial charge is 0.350 e. The molecular weight excluding hydrogens is 366 g/mol. The molecule has 26 heavy (non-hydrogen) atoms. The zero-order chi connectivity index (χ0) is 18.5. The fraction of sp³-hybridized carbons (Fsp3) is 0.444. The van der Waals surface area contributed by atoms with E-state index >= 15 is 0 Å². The molecular formula is C18H23N5OS2. The monoisotopic (exact) mass is 389 g/mol. The second-order valence-electron chi connectivity index (χ2n) is 6.12. The fourth-order valence-corrected chi connectivity index (χ4v) is 4.04. The number of rotatable bonds is 8. The van der Waals surface area contributed by atoms with E-state index in [4.69, 9.17) is 0 Å². The van der Waals surface area contributed by atoms with Crippen molar-refractivity contribution < 1.29 is 4.79 Å². The Morgan fingerprint density at radius 1 is 1.35 bits per heavy atom. The van der Waals surface area contributed by atoms with Gasteiger partial charge in [-0.05, 0) is 43.7 Å². The van der Waals surface area contributed by atoms with E-state index in [1.807, 2.05) is 24.4 Å². The first kappa shape index (κ1) is 18.8. The highest BCUT2D eigenvalue weighted by atomic mass is 32.2. The summed E-state index contributed by atoms with van der Waals surface area (Å²) in [4.78, 5) is 22.2. The molecule has 3 aromatic heterocycles. The molecule has 0 atom stereocenters. The number of hydrogen-bond donors (Lipinski definition) is 1. The number of thioether (sulfide) groups is 1. The van der Waals surface area contributed by atoms with Gasteiger partial charge in [0.25, 0.3) is 5.78 Å². The second kappa shape index (κ2) is 8.64. The van der Waals surface area contributed by atoms with Gasteiger partial charge in [0.2, 0.25) is 11.1 Å². The number of fused-ring (bicyclic) bond motifs is 1. The van der Waals surface area contributed by atoms with Crippen molar-refractivity contribution in [2.75, 3.05) is 5.75 Å². The Labute approximate surface area is 161 Å². The molecule has 0 unspecified atom stereocenters. The number of carbonyl (C=O) groups is 1. The maximum atomic E-state index is 12.0. The summed E-state index contributed by atoms with van der Waals surface area (Å²) in [6, 6.07) is 3.99. The minimum atomic E-state index is -0.0215. The SMILES string of the molecule is CCCCc1c(C)nc2nc(SCC(=O)NCc3cccs3)nn2c1C. The molecule has 8 heteroatoms. The molecule has 0 aromatic carbocycles. The topological polar surface area (TPSA) is 72.2 Å². The number of amides is 1. The van der Waals surface area contributed by atoms with Crippen molar-refractivity contribution in [1.82, 2.24) is 24.9 Å². The second-order valence-corrected chi connectivity index (χ2v) is 8.09. The number of unbranched alkanes of at least 4 members (excludes halogenated alkanes) is 1. The van der Waals surface area contributed by atoms with E-state index in [1.165, 1.54) is 17.3 Å². The van der Waals surface area contributed by atoms with Gasteiger partial charge in [-0.1, -0.05) is 31.2 Å². The number of aromatic nitrogens is 4. The Hall–Kier alpha value is -1.93. The molecule has 0 aliphatic carbocycles. The van der Waals surface area contributed by atoms with Crippen LogP contribution in [-0.2, 0) is 17.8 Å². The smallest absolute Gasteiger partial charge is 0.253 e. The first-order valence-corrected chi connectivity index (χ1v) is 10.6. The van der Waals surface area contributed by atoms with Crippen LogP contribution < -0.4 is 5.32 Å². The van der Waals surface area contributed by atoms with Gasteiger partial charge in [-0.15, -0.1) is 16.4 Å². The van der Waals surface area contributed by atoms with E-state index in [9.17, 15) is 4.79 Å². The summed E-state index contributed by atoms with van der Waals surface area (Å²) in [5.74, 6) is 0.872. The van der Waals surface area contributed by atoms with Gasteiger partial charge in [-0.3, -0.25) is 4.79 Å². The minimum absolute atomic E-state index is 0.0215. The van der Waals surface area contributed by atoms with Crippen molar-refractivity contribution in [3.05, 3.63) is 39.3 Å². The van der Waals surface area contributed by atoms with Gasteiger partial charge >= 0.3 is 0 Å². The molecule has 1 N–H and O–H groups in total. The van der Waals surface area contributed by atoms with Crippen molar-refractivity contribution in [1.29, 1.82) is 0 Å². The number of thiophene rings is 1.